The minimum atomic E-state index is -0.478. The van der Waals surface area contributed by atoms with Gasteiger partial charge in [0.05, 0.1) is 18.4 Å². The van der Waals surface area contributed by atoms with Gasteiger partial charge in [-0.05, 0) is 30.3 Å². The van der Waals surface area contributed by atoms with Gasteiger partial charge in [-0.2, -0.15) is 0 Å². The Balaban J connectivity index is 1.91. The Morgan fingerprint density at radius 2 is 2.05 bits per heavy atom. The van der Waals surface area contributed by atoms with Gasteiger partial charge in [-0.1, -0.05) is 0 Å². The van der Waals surface area contributed by atoms with Gasteiger partial charge in [0, 0.05) is 24.8 Å². The van der Waals surface area contributed by atoms with Crippen LogP contribution in [-0.2, 0) is 17.8 Å². The fourth-order valence-electron chi connectivity index (χ4n) is 1.77. The molecular weight excluding hydrogens is 278 g/mol. The van der Waals surface area contributed by atoms with E-state index in [1.54, 1.807) is 12.1 Å². The minimum Gasteiger partial charge on any atom is -0.465 e. The number of methoxy groups -OCH3 is 1. The van der Waals surface area contributed by atoms with Gasteiger partial charge >= 0.3 is 5.97 Å². The van der Waals surface area contributed by atoms with Crippen LogP contribution in [0, 0.1) is 11.6 Å². The lowest BCUT2D eigenvalue weighted by molar-refractivity contribution is 0.0600. The summed E-state index contributed by atoms with van der Waals surface area (Å²) in [7, 11) is 1.30. The summed E-state index contributed by atoms with van der Waals surface area (Å²) in [6.07, 6.45) is 1.41. The smallest absolute Gasteiger partial charge is 0.339 e. The number of nitrogens with one attached hydrogen (secondary N) is 1. The summed E-state index contributed by atoms with van der Waals surface area (Å²) in [4.78, 5) is 15.3. The van der Waals surface area contributed by atoms with Crippen molar-refractivity contribution >= 4 is 5.97 Å². The molecule has 0 bridgehead atoms. The first kappa shape index (κ1) is 15.1. The fourth-order valence-corrected chi connectivity index (χ4v) is 1.77. The predicted molar refractivity (Wildman–Crippen MR) is 72.5 cm³/mol. The van der Waals surface area contributed by atoms with E-state index in [0.29, 0.717) is 17.8 Å². The highest BCUT2D eigenvalue weighted by atomic mass is 19.1. The van der Waals surface area contributed by atoms with E-state index in [1.165, 1.54) is 13.3 Å². The summed E-state index contributed by atoms with van der Waals surface area (Å²) in [6, 6.07) is 6.58. The van der Waals surface area contributed by atoms with Gasteiger partial charge in [-0.15, -0.1) is 0 Å². The van der Waals surface area contributed by atoms with Gasteiger partial charge in [-0.25, -0.2) is 13.6 Å². The van der Waals surface area contributed by atoms with Crippen molar-refractivity contribution in [3.8, 4) is 0 Å². The normalized spacial score (nSPS) is 10.4. The standard InChI is InChI=1S/C15H14F2N2O2/c1-21-15(20)10-2-4-13(19-8-10)9-18-7-11-6-12(16)3-5-14(11)17/h2-6,8,18H,7,9H2,1H3. The molecule has 110 valence electrons. The number of hydrogen-bond acceptors (Lipinski definition) is 4. The molecule has 0 unspecified atom stereocenters. The second-order valence-electron chi connectivity index (χ2n) is 4.37. The SMILES string of the molecule is COC(=O)c1ccc(CNCc2cc(F)ccc2F)nc1. The van der Waals surface area contributed by atoms with E-state index in [9.17, 15) is 13.6 Å². The van der Waals surface area contributed by atoms with Crippen LogP contribution in [-0.4, -0.2) is 18.1 Å². The maximum Gasteiger partial charge on any atom is 0.339 e. The molecule has 2 aromatic rings. The van der Waals surface area contributed by atoms with Crippen LogP contribution in [0.25, 0.3) is 0 Å². The molecule has 0 fully saturated rings. The van der Waals surface area contributed by atoms with Crippen LogP contribution < -0.4 is 5.32 Å². The Morgan fingerprint density at radius 1 is 1.24 bits per heavy atom. The van der Waals surface area contributed by atoms with Crippen molar-refractivity contribution in [2.75, 3.05) is 7.11 Å². The zero-order chi connectivity index (χ0) is 15.2. The number of halogens is 2. The second-order valence-corrected chi connectivity index (χ2v) is 4.37. The molecule has 0 spiro atoms. The predicted octanol–water partition coefficient (Wildman–Crippen LogP) is 2.44. The summed E-state index contributed by atoms with van der Waals surface area (Å²) >= 11 is 0. The molecule has 6 heteroatoms. The third kappa shape index (κ3) is 4.06. The summed E-state index contributed by atoms with van der Waals surface area (Å²) in [5.74, 6) is -1.39. The van der Waals surface area contributed by atoms with E-state index < -0.39 is 17.6 Å². The molecule has 0 saturated carbocycles. The molecule has 0 radical (unpaired) electrons. The van der Waals surface area contributed by atoms with Gasteiger partial charge in [0.2, 0.25) is 0 Å². The Kier molecular flexibility index (Phi) is 4.94. The summed E-state index contributed by atoms with van der Waals surface area (Å²) in [5.41, 5.74) is 1.29. The van der Waals surface area contributed by atoms with Crippen LogP contribution in [0.2, 0.25) is 0 Å². The average Bonchev–Trinajstić information content (AvgIpc) is 2.50. The second kappa shape index (κ2) is 6.90. The number of pyridine rings is 1. The summed E-state index contributed by atoms with van der Waals surface area (Å²) in [5, 5.41) is 2.96. The van der Waals surface area contributed by atoms with Crippen molar-refractivity contribution in [2.45, 2.75) is 13.1 Å². The van der Waals surface area contributed by atoms with Gasteiger partial charge in [-0.3, -0.25) is 4.98 Å². The number of carbonyl (C=O) groups is 1. The first-order chi connectivity index (χ1) is 10.1. The number of aromatic nitrogens is 1. The third-order valence-electron chi connectivity index (χ3n) is 2.88. The van der Waals surface area contributed by atoms with Crippen LogP contribution in [0.15, 0.2) is 36.5 Å². The number of rotatable bonds is 5. The maximum absolute atomic E-state index is 13.4. The van der Waals surface area contributed by atoms with Crippen LogP contribution in [0.5, 0.6) is 0 Å². The monoisotopic (exact) mass is 292 g/mol. The highest BCUT2D eigenvalue weighted by Crippen LogP contribution is 2.09. The highest BCUT2D eigenvalue weighted by Gasteiger charge is 2.06. The van der Waals surface area contributed by atoms with Crippen molar-refractivity contribution in [1.29, 1.82) is 0 Å². The number of hydrogen-bond donors (Lipinski definition) is 1. The van der Waals surface area contributed by atoms with Crippen LogP contribution >= 0.6 is 0 Å². The van der Waals surface area contributed by atoms with Gasteiger partial charge in [0.25, 0.3) is 0 Å². The Hall–Kier alpha value is -2.34. The summed E-state index contributed by atoms with van der Waals surface area (Å²) < 4.78 is 31.0. The molecule has 0 amide bonds. The maximum atomic E-state index is 13.4. The van der Waals surface area contributed by atoms with Gasteiger partial charge in [0.15, 0.2) is 0 Å². The number of ether oxygens (including phenoxy) is 1. The molecule has 1 heterocycles. The van der Waals surface area contributed by atoms with Gasteiger partial charge < -0.3 is 10.1 Å². The van der Waals surface area contributed by atoms with E-state index in [0.717, 1.165) is 18.2 Å². The Labute approximate surface area is 120 Å². The first-order valence-corrected chi connectivity index (χ1v) is 6.28. The lowest BCUT2D eigenvalue weighted by Gasteiger charge is -2.06. The largest absolute Gasteiger partial charge is 0.465 e. The molecule has 1 N–H and O–H groups in total. The van der Waals surface area contributed by atoms with E-state index in [4.69, 9.17) is 0 Å². The molecule has 0 aliphatic rings. The number of benzene rings is 1. The molecule has 0 aliphatic carbocycles. The van der Waals surface area contributed by atoms with E-state index >= 15 is 0 Å². The molecule has 1 aromatic heterocycles. The molecule has 0 saturated heterocycles. The number of nitrogens with zero attached hydrogens (tertiary/aromatic N) is 1. The fraction of sp³-hybridized carbons (Fsp3) is 0.200. The van der Waals surface area contributed by atoms with Gasteiger partial charge in [0.1, 0.15) is 11.6 Å². The highest BCUT2D eigenvalue weighted by molar-refractivity contribution is 5.88. The average molecular weight is 292 g/mol. The molecule has 1 aromatic carbocycles. The third-order valence-corrected chi connectivity index (χ3v) is 2.88. The van der Waals surface area contributed by atoms with Crippen molar-refractivity contribution < 1.29 is 18.3 Å². The van der Waals surface area contributed by atoms with Crippen molar-refractivity contribution in [1.82, 2.24) is 10.3 Å². The first-order valence-electron chi connectivity index (χ1n) is 6.28. The minimum absolute atomic E-state index is 0.185. The number of carbonyl (C=O) groups excluding carboxylic acids is 1. The van der Waals surface area contributed by atoms with Crippen molar-refractivity contribution in [3.63, 3.8) is 0 Å². The quantitative estimate of drug-likeness (QED) is 0.860. The molecular formula is C15H14F2N2O2. The lowest BCUT2D eigenvalue weighted by Crippen LogP contribution is -2.15. The number of esters is 1. The van der Waals surface area contributed by atoms with E-state index in [2.05, 4.69) is 15.0 Å². The Morgan fingerprint density at radius 3 is 2.71 bits per heavy atom. The zero-order valence-electron chi connectivity index (χ0n) is 11.4. The van der Waals surface area contributed by atoms with Crippen LogP contribution in [0.3, 0.4) is 0 Å². The molecule has 0 atom stereocenters. The molecule has 2 rings (SSSR count). The summed E-state index contributed by atoms with van der Waals surface area (Å²) in [6.45, 7) is 0.557. The van der Waals surface area contributed by atoms with Crippen LogP contribution in [0.1, 0.15) is 21.6 Å². The topological polar surface area (TPSA) is 51.2 Å². The molecule has 21 heavy (non-hydrogen) atoms. The van der Waals surface area contributed by atoms with Crippen molar-refractivity contribution in [3.05, 3.63) is 65.0 Å². The Bertz CT molecular complexity index is 630. The molecule has 4 nitrogen and oxygen atoms in total. The van der Waals surface area contributed by atoms with Crippen LogP contribution in [0.4, 0.5) is 8.78 Å². The molecule has 0 aliphatic heterocycles. The zero-order valence-corrected chi connectivity index (χ0v) is 11.4. The van der Waals surface area contributed by atoms with E-state index in [-0.39, 0.29) is 12.1 Å². The van der Waals surface area contributed by atoms with E-state index in [1.807, 2.05) is 0 Å². The lowest BCUT2D eigenvalue weighted by atomic mass is 10.2. The van der Waals surface area contributed by atoms with Crippen molar-refractivity contribution in [2.24, 2.45) is 0 Å².